The van der Waals surface area contributed by atoms with Crippen molar-refractivity contribution in [1.29, 1.82) is 0 Å². The summed E-state index contributed by atoms with van der Waals surface area (Å²) in [7, 11) is 1.66. The van der Waals surface area contributed by atoms with Crippen LogP contribution in [0.15, 0.2) is 42.7 Å². The molecule has 2 aromatic rings. The monoisotopic (exact) mass is 300 g/mol. The summed E-state index contributed by atoms with van der Waals surface area (Å²) in [4.78, 5) is 12.2. The Balaban J connectivity index is 1.92. The van der Waals surface area contributed by atoms with E-state index in [-0.39, 0.29) is 11.4 Å². The highest BCUT2D eigenvalue weighted by Gasteiger charge is 2.15. The Hall–Kier alpha value is -2.23. The molecule has 118 valence electrons. The van der Waals surface area contributed by atoms with Gasteiger partial charge < -0.3 is 14.6 Å². The molecular weight excluding hydrogens is 276 g/mol. The van der Waals surface area contributed by atoms with Crippen molar-refractivity contribution < 1.29 is 9.53 Å². The summed E-state index contributed by atoms with van der Waals surface area (Å²) in [5.41, 5.74) is 1.77. The summed E-state index contributed by atoms with van der Waals surface area (Å²) < 4.78 is 7.36. The second-order valence-electron chi connectivity index (χ2n) is 6.30. The highest BCUT2D eigenvalue weighted by molar-refractivity contribution is 5.94. The van der Waals surface area contributed by atoms with E-state index in [2.05, 4.69) is 26.1 Å². The van der Waals surface area contributed by atoms with Crippen LogP contribution >= 0.6 is 0 Å². The Kier molecular flexibility index (Phi) is 4.91. The molecular formula is C18H24N2O2. The zero-order valence-corrected chi connectivity index (χ0v) is 13.7. The van der Waals surface area contributed by atoms with Crippen molar-refractivity contribution in [2.75, 3.05) is 13.7 Å². The van der Waals surface area contributed by atoms with Crippen molar-refractivity contribution in [2.45, 2.75) is 32.7 Å². The van der Waals surface area contributed by atoms with E-state index in [9.17, 15) is 4.79 Å². The molecule has 1 N–H and O–H groups in total. The minimum Gasteiger partial charge on any atom is -0.496 e. The number of carbonyl (C=O) groups is 1. The molecule has 2 rings (SSSR count). The number of hydrogen-bond donors (Lipinski definition) is 1. The molecule has 1 aromatic carbocycles. The van der Waals surface area contributed by atoms with Gasteiger partial charge in [0.25, 0.3) is 5.91 Å². The Labute approximate surface area is 132 Å². The van der Waals surface area contributed by atoms with Crippen LogP contribution in [0.2, 0.25) is 0 Å². The highest BCUT2D eigenvalue weighted by Crippen LogP contribution is 2.18. The van der Waals surface area contributed by atoms with Crippen LogP contribution in [-0.2, 0) is 12.0 Å². The third-order valence-electron chi connectivity index (χ3n) is 3.60. The first-order chi connectivity index (χ1) is 10.4. The predicted octanol–water partition coefficient (Wildman–Crippen LogP) is 3.22. The quantitative estimate of drug-likeness (QED) is 0.921. The third kappa shape index (κ3) is 3.91. The van der Waals surface area contributed by atoms with Gasteiger partial charge in [-0.15, -0.1) is 0 Å². The number of carbonyl (C=O) groups excluding carboxylic acids is 1. The van der Waals surface area contributed by atoms with Crippen LogP contribution in [0.25, 0.3) is 0 Å². The number of hydrogen-bond acceptors (Lipinski definition) is 2. The van der Waals surface area contributed by atoms with Gasteiger partial charge in [-0.1, -0.05) is 18.2 Å². The number of aromatic nitrogens is 1. The van der Waals surface area contributed by atoms with Crippen LogP contribution in [0.3, 0.4) is 0 Å². The summed E-state index contributed by atoms with van der Waals surface area (Å²) in [6, 6.07) is 9.71. The molecule has 4 nitrogen and oxygen atoms in total. The van der Waals surface area contributed by atoms with Gasteiger partial charge in [-0.05, 0) is 44.9 Å². The van der Waals surface area contributed by atoms with Crippen LogP contribution in [0, 0.1) is 0 Å². The summed E-state index contributed by atoms with van der Waals surface area (Å²) in [6.07, 6.45) is 4.57. The third-order valence-corrected chi connectivity index (χ3v) is 3.60. The Morgan fingerprint density at radius 3 is 2.59 bits per heavy atom. The second-order valence-corrected chi connectivity index (χ2v) is 6.30. The fourth-order valence-electron chi connectivity index (χ4n) is 2.27. The van der Waals surface area contributed by atoms with E-state index in [4.69, 9.17) is 4.74 Å². The van der Waals surface area contributed by atoms with Crippen LogP contribution in [0.5, 0.6) is 5.75 Å². The molecule has 0 spiro atoms. The Morgan fingerprint density at radius 2 is 1.95 bits per heavy atom. The Bertz CT molecular complexity index is 639. The van der Waals surface area contributed by atoms with E-state index in [1.54, 1.807) is 7.11 Å². The largest absolute Gasteiger partial charge is 0.496 e. The van der Waals surface area contributed by atoms with Crippen molar-refractivity contribution in [3.63, 3.8) is 0 Å². The predicted molar refractivity (Wildman–Crippen MR) is 88.5 cm³/mol. The zero-order valence-electron chi connectivity index (χ0n) is 13.7. The minimum absolute atomic E-state index is 0.0179. The number of amides is 1. The SMILES string of the molecule is COc1ccccc1CCNC(=O)c1ccn(C(C)(C)C)c1. The lowest BCUT2D eigenvalue weighted by atomic mass is 10.1. The van der Waals surface area contributed by atoms with Crippen molar-refractivity contribution in [3.05, 3.63) is 53.9 Å². The maximum Gasteiger partial charge on any atom is 0.252 e. The summed E-state index contributed by atoms with van der Waals surface area (Å²) in [5.74, 6) is 0.813. The molecule has 0 aliphatic carbocycles. The molecule has 0 radical (unpaired) electrons. The summed E-state index contributed by atoms with van der Waals surface area (Å²) in [6.45, 7) is 6.91. The molecule has 1 amide bonds. The van der Waals surface area contributed by atoms with Gasteiger partial charge in [-0.25, -0.2) is 0 Å². The van der Waals surface area contributed by atoms with E-state index in [1.165, 1.54) is 0 Å². The van der Waals surface area contributed by atoms with Gasteiger partial charge >= 0.3 is 0 Å². The summed E-state index contributed by atoms with van der Waals surface area (Å²) in [5, 5.41) is 2.96. The maximum absolute atomic E-state index is 12.2. The number of nitrogens with zero attached hydrogens (tertiary/aromatic N) is 1. The van der Waals surface area contributed by atoms with Gasteiger partial charge in [0, 0.05) is 24.5 Å². The smallest absolute Gasteiger partial charge is 0.252 e. The minimum atomic E-state index is -0.0436. The van der Waals surface area contributed by atoms with Crippen molar-refractivity contribution >= 4 is 5.91 Å². The van der Waals surface area contributed by atoms with Gasteiger partial charge in [0.2, 0.25) is 0 Å². The lowest BCUT2D eigenvalue weighted by Crippen LogP contribution is -2.26. The molecule has 4 heteroatoms. The van der Waals surface area contributed by atoms with Crippen molar-refractivity contribution in [1.82, 2.24) is 9.88 Å². The lowest BCUT2D eigenvalue weighted by molar-refractivity contribution is 0.0954. The molecule has 0 saturated heterocycles. The average molecular weight is 300 g/mol. The van der Waals surface area contributed by atoms with Gasteiger partial charge in [0.05, 0.1) is 12.7 Å². The lowest BCUT2D eigenvalue weighted by Gasteiger charge is -2.20. The van der Waals surface area contributed by atoms with Gasteiger partial charge in [0.1, 0.15) is 5.75 Å². The van der Waals surface area contributed by atoms with Crippen molar-refractivity contribution in [2.24, 2.45) is 0 Å². The first-order valence-electron chi connectivity index (χ1n) is 7.50. The molecule has 0 unspecified atom stereocenters. The van der Waals surface area contributed by atoms with Crippen LogP contribution in [-0.4, -0.2) is 24.1 Å². The number of nitrogens with one attached hydrogen (secondary N) is 1. The van der Waals surface area contributed by atoms with Gasteiger partial charge in [-0.3, -0.25) is 4.79 Å². The average Bonchev–Trinajstić information content (AvgIpc) is 2.97. The summed E-state index contributed by atoms with van der Waals surface area (Å²) >= 11 is 0. The number of ether oxygens (including phenoxy) is 1. The number of para-hydroxylation sites is 1. The number of benzene rings is 1. The molecule has 1 aromatic heterocycles. The second kappa shape index (κ2) is 6.69. The first kappa shape index (κ1) is 16.1. The molecule has 0 bridgehead atoms. The molecule has 0 aliphatic heterocycles. The van der Waals surface area contributed by atoms with E-state index < -0.39 is 0 Å². The number of rotatable bonds is 5. The van der Waals surface area contributed by atoms with E-state index >= 15 is 0 Å². The van der Waals surface area contributed by atoms with Gasteiger partial charge in [0.15, 0.2) is 0 Å². The fourth-order valence-corrected chi connectivity index (χ4v) is 2.27. The first-order valence-corrected chi connectivity index (χ1v) is 7.50. The molecule has 0 atom stereocenters. The van der Waals surface area contributed by atoms with Crippen LogP contribution in [0.4, 0.5) is 0 Å². The van der Waals surface area contributed by atoms with E-state index in [0.29, 0.717) is 12.1 Å². The van der Waals surface area contributed by atoms with Crippen molar-refractivity contribution in [3.8, 4) is 5.75 Å². The van der Waals surface area contributed by atoms with Crippen LogP contribution in [0.1, 0.15) is 36.7 Å². The normalized spacial score (nSPS) is 11.3. The van der Waals surface area contributed by atoms with Gasteiger partial charge in [-0.2, -0.15) is 0 Å². The Morgan fingerprint density at radius 1 is 1.23 bits per heavy atom. The topological polar surface area (TPSA) is 43.3 Å². The van der Waals surface area contributed by atoms with E-state index in [0.717, 1.165) is 17.7 Å². The highest BCUT2D eigenvalue weighted by atomic mass is 16.5. The zero-order chi connectivity index (χ0) is 16.2. The molecule has 0 fully saturated rings. The molecule has 0 saturated carbocycles. The maximum atomic E-state index is 12.2. The fraction of sp³-hybridized carbons (Fsp3) is 0.389. The standard InChI is InChI=1S/C18H24N2O2/c1-18(2,3)20-12-10-15(13-20)17(21)19-11-9-14-7-5-6-8-16(14)22-4/h5-8,10,12-13H,9,11H2,1-4H3,(H,19,21). The molecule has 0 aliphatic rings. The molecule has 22 heavy (non-hydrogen) atoms. The van der Waals surface area contributed by atoms with E-state index in [1.807, 2.05) is 47.3 Å². The van der Waals surface area contributed by atoms with Crippen LogP contribution < -0.4 is 10.1 Å². The number of methoxy groups -OCH3 is 1. The molecule has 1 heterocycles.